The summed E-state index contributed by atoms with van der Waals surface area (Å²) >= 11 is 3.11. The summed E-state index contributed by atoms with van der Waals surface area (Å²) in [5.41, 5.74) is 0.366. The summed E-state index contributed by atoms with van der Waals surface area (Å²) in [6.45, 7) is 5.18. The number of Topliss-reactive ketones (excluding diaryl/α,β-unsaturated/α-hetero) is 1. The van der Waals surface area contributed by atoms with Gasteiger partial charge in [0.15, 0.2) is 5.78 Å². The fourth-order valence-corrected chi connectivity index (χ4v) is 1.18. The minimum absolute atomic E-state index is 0.162. The Bertz CT molecular complexity index is 402. The predicted molar refractivity (Wildman–Crippen MR) is 60.0 cm³/mol. The average molecular weight is 273 g/mol. The number of halogens is 2. The van der Waals surface area contributed by atoms with E-state index in [-0.39, 0.29) is 18.1 Å². The lowest BCUT2D eigenvalue weighted by molar-refractivity contribution is 0.101. The van der Waals surface area contributed by atoms with Crippen molar-refractivity contribution in [1.29, 1.82) is 0 Å². The molecule has 1 rings (SSSR count). The van der Waals surface area contributed by atoms with Crippen LogP contribution in [0.15, 0.2) is 29.3 Å². The van der Waals surface area contributed by atoms with Crippen molar-refractivity contribution in [1.82, 2.24) is 0 Å². The van der Waals surface area contributed by atoms with Crippen LogP contribution in [0.5, 0.6) is 5.75 Å². The van der Waals surface area contributed by atoms with Gasteiger partial charge in [-0.1, -0.05) is 22.5 Å². The van der Waals surface area contributed by atoms with Gasteiger partial charge >= 0.3 is 0 Å². The van der Waals surface area contributed by atoms with Crippen LogP contribution in [0.2, 0.25) is 0 Å². The first-order valence-electron chi connectivity index (χ1n) is 4.27. The first-order chi connectivity index (χ1) is 7.00. The molecule has 0 aliphatic rings. The smallest absolute Gasteiger partial charge is 0.163 e. The van der Waals surface area contributed by atoms with Crippen LogP contribution >= 0.6 is 15.9 Å². The maximum absolute atomic E-state index is 12.9. The van der Waals surface area contributed by atoms with Gasteiger partial charge in [0.1, 0.15) is 18.2 Å². The monoisotopic (exact) mass is 272 g/mol. The lowest BCUT2D eigenvalue weighted by Gasteiger charge is -2.08. The van der Waals surface area contributed by atoms with Gasteiger partial charge < -0.3 is 4.74 Å². The molecule has 0 N–H and O–H groups in total. The van der Waals surface area contributed by atoms with Crippen LogP contribution in [0.1, 0.15) is 17.3 Å². The molecule has 0 fully saturated rings. The molecule has 0 unspecified atom stereocenters. The number of hydrogen-bond donors (Lipinski definition) is 0. The van der Waals surface area contributed by atoms with E-state index in [4.69, 9.17) is 4.74 Å². The lowest BCUT2D eigenvalue weighted by Crippen LogP contribution is -2.03. The SMILES string of the molecule is C=C(Br)COc1cc(F)ccc1C(C)=O. The van der Waals surface area contributed by atoms with Crippen molar-refractivity contribution < 1.29 is 13.9 Å². The minimum atomic E-state index is -0.435. The van der Waals surface area contributed by atoms with E-state index in [2.05, 4.69) is 22.5 Å². The maximum atomic E-state index is 12.9. The Hall–Kier alpha value is -1.16. The molecule has 1 aromatic carbocycles. The van der Waals surface area contributed by atoms with Crippen LogP contribution in [0, 0.1) is 5.82 Å². The van der Waals surface area contributed by atoms with Gasteiger partial charge in [-0.2, -0.15) is 0 Å². The standard InChI is InChI=1S/C11H10BrFO2/c1-7(12)6-15-11-5-9(13)3-4-10(11)8(2)14/h3-5H,1,6H2,2H3. The molecule has 0 heterocycles. The van der Waals surface area contributed by atoms with Gasteiger partial charge in [0.05, 0.1) is 5.56 Å². The third-order valence-electron chi connectivity index (χ3n) is 1.71. The molecule has 0 saturated carbocycles. The number of ketones is 1. The van der Waals surface area contributed by atoms with Crippen molar-refractivity contribution >= 4 is 21.7 Å². The highest BCUT2D eigenvalue weighted by atomic mass is 79.9. The van der Waals surface area contributed by atoms with Gasteiger partial charge in [0, 0.05) is 10.5 Å². The van der Waals surface area contributed by atoms with Gasteiger partial charge in [0.25, 0.3) is 0 Å². The first-order valence-corrected chi connectivity index (χ1v) is 5.06. The van der Waals surface area contributed by atoms with Crippen LogP contribution in [-0.4, -0.2) is 12.4 Å². The van der Waals surface area contributed by atoms with Crippen LogP contribution in [-0.2, 0) is 0 Å². The summed E-state index contributed by atoms with van der Waals surface area (Å²) in [6, 6.07) is 3.82. The van der Waals surface area contributed by atoms with Crippen LogP contribution in [0.25, 0.3) is 0 Å². The predicted octanol–water partition coefficient (Wildman–Crippen LogP) is 3.32. The highest BCUT2D eigenvalue weighted by molar-refractivity contribution is 9.11. The zero-order valence-corrected chi connectivity index (χ0v) is 9.80. The van der Waals surface area contributed by atoms with E-state index in [1.165, 1.54) is 25.1 Å². The number of hydrogen-bond acceptors (Lipinski definition) is 2. The van der Waals surface area contributed by atoms with E-state index in [0.29, 0.717) is 10.0 Å². The Kier molecular flexibility index (Phi) is 4.03. The molecule has 4 heteroatoms. The van der Waals surface area contributed by atoms with Crippen molar-refractivity contribution in [2.45, 2.75) is 6.92 Å². The average Bonchev–Trinajstić information content (AvgIpc) is 2.14. The summed E-state index contributed by atoms with van der Waals surface area (Å²) in [4.78, 5) is 11.2. The van der Waals surface area contributed by atoms with Crippen molar-refractivity contribution in [3.8, 4) is 5.75 Å². The summed E-state index contributed by atoms with van der Waals surface area (Å²) in [6.07, 6.45) is 0. The molecule has 0 aromatic heterocycles. The number of rotatable bonds is 4. The molecular formula is C11H10BrFO2. The molecule has 15 heavy (non-hydrogen) atoms. The van der Waals surface area contributed by atoms with Gasteiger partial charge in [0.2, 0.25) is 0 Å². The van der Waals surface area contributed by atoms with E-state index in [1.54, 1.807) is 0 Å². The summed E-state index contributed by atoms with van der Waals surface area (Å²) < 4.78 is 18.8. The Morgan fingerprint density at radius 2 is 2.27 bits per heavy atom. The Balaban J connectivity index is 2.96. The fraction of sp³-hybridized carbons (Fsp3) is 0.182. The molecule has 0 spiro atoms. The van der Waals surface area contributed by atoms with Crippen molar-refractivity contribution in [3.63, 3.8) is 0 Å². The zero-order valence-electron chi connectivity index (χ0n) is 8.22. The van der Waals surface area contributed by atoms with Gasteiger partial charge in [-0.3, -0.25) is 4.79 Å². The number of ether oxygens (including phenoxy) is 1. The van der Waals surface area contributed by atoms with E-state index >= 15 is 0 Å². The van der Waals surface area contributed by atoms with Crippen LogP contribution in [0.4, 0.5) is 4.39 Å². The summed E-state index contributed by atoms with van der Waals surface area (Å²) in [7, 11) is 0. The van der Waals surface area contributed by atoms with Gasteiger partial charge in [-0.05, 0) is 19.1 Å². The third kappa shape index (κ3) is 3.47. The zero-order chi connectivity index (χ0) is 11.4. The van der Waals surface area contributed by atoms with Crippen LogP contribution < -0.4 is 4.74 Å². The van der Waals surface area contributed by atoms with Crippen LogP contribution in [0.3, 0.4) is 0 Å². The fourth-order valence-electron chi connectivity index (χ4n) is 1.06. The normalized spacial score (nSPS) is 9.80. The molecule has 1 aromatic rings. The Morgan fingerprint density at radius 1 is 1.60 bits per heavy atom. The second-order valence-corrected chi connectivity index (χ2v) is 4.12. The molecule has 80 valence electrons. The summed E-state index contributed by atoms with van der Waals surface area (Å²) in [5.74, 6) is -0.358. The highest BCUT2D eigenvalue weighted by Gasteiger charge is 2.09. The van der Waals surface area contributed by atoms with Crippen molar-refractivity contribution in [3.05, 3.63) is 40.6 Å². The number of benzene rings is 1. The van der Waals surface area contributed by atoms with E-state index in [1.807, 2.05) is 0 Å². The van der Waals surface area contributed by atoms with Gasteiger partial charge in [-0.25, -0.2) is 4.39 Å². The molecule has 0 saturated heterocycles. The van der Waals surface area contributed by atoms with E-state index in [9.17, 15) is 9.18 Å². The quantitative estimate of drug-likeness (QED) is 0.786. The number of carbonyl (C=O) groups excluding carboxylic acids is 1. The second-order valence-electron chi connectivity index (χ2n) is 3.00. The van der Waals surface area contributed by atoms with Gasteiger partial charge in [-0.15, -0.1) is 0 Å². The number of carbonyl (C=O) groups is 1. The molecule has 0 amide bonds. The largest absolute Gasteiger partial charge is 0.488 e. The minimum Gasteiger partial charge on any atom is -0.488 e. The van der Waals surface area contributed by atoms with Crippen molar-refractivity contribution in [2.24, 2.45) is 0 Å². The maximum Gasteiger partial charge on any atom is 0.163 e. The summed E-state index contributed by atoms with van der Waals surface area (Å²) in [5, 5.41) is 0. The molecule has 0 aliphatic carbocycles. The molecular weight excluding hydrogens is 263 g/mol. The van der Waals surface area contributed by atoms with E-state index in [0.717, 1.165) is 0 Å². The highest BCUT2D eigenvalue weighted by Crippen LogP contribution is 2.21. The second kappa shape index (κ2) is 5.07. The van der Waals surface area contributed by atoms with E-state index < -0.39 is 5.82 Å². The molecule has 2 nitrogen and oxygen atoms in total. The Labute approximate surface area is 95.9 Å². The third-order valence-corrected chi connectivity index (χ3v) is 1.94. The Morgan fingerprint density at radius 3 is 2.80 bits per heavy atom. The molecule has 0 bridgehead atoms. The molecule has 0 atom stereocenters. The molecule has 0 aliphatic heterocycles. The first kappa shape index (κ1) is 11.9. The molecule has 0 radical (unpaired) electrons. The topological polar surface area (TPSA) is 26.3 Å². The van der Waals surface area contributed by atoms with Crippen molar-refractivity contribution in [2.75, 3.05) is 6.61 Å². The lowest BCUT2D eigenvalue weighted by atomic mass is 10.1.